The lowest BCUT2D eigenvalue weighted by molar-refractivity contribution is 0.181. The van der Waals surface area contributed by atoms with E-state index in [4.69, 9.17) is 4.74 Å². The Hall–Kier alpha value is -0.830. The zero-order valence-corrected chi connectivity index (χ0v) is 14.5. The number of hydrogen-bond donors (Lipinski definition) is 1. The highest BCUT2D eigenvalue weighted by Gasteiger charge is 2.18. The van der Waals surface area contributed by atoms with Gasteiger partial charge in [0.2, 0.25) is 0 Å². The van der Waals surface area contributed by atoms with Crippen LogP contribution in [0.4, 0.5) is 0 Å². The SMILES string of the molecule is CN=C(NCCn1cccn1)N(C)CC1CCOC1.I. The number of hydrogen-bond acceptors (Lipinski definition) is 3. The minimum Gasteiger partial charge on any atom is -0.381 e. The van der Waals surface area contributed by atoms with Gasteiger partial charge >= 0.3 is 0 Å². The molecule has 20 heavy (non-hydrogen) atoms. The summed E-state index contributed by atoms with van der Waals surface area (Å²) in [5.74, 6) is 1.55. The van der Waals surface area contributed by atoms with Gasteiger partial charge in [-0.15, -0.1) is 24.0 Å². The summed E-state index contributed by atoms with van der Waals surface area (Å²) in [5.41, 5.74) is 0. The lowest BCUT2D eigenvalue weighted by Crippen LogP contribution is -2.42. The van der Waals surface area contributed by atoms with E-state index < -0.39 is 0 Å². The largest absolute Gasteiger partial charge is 0.381 e. The molecule has 1 aliphatic rings. The van der Waals surface area contributed by atoms with Crippen molar-refractivity contribution in [1.29, 1.82) is 0 Å². The van der Waals surface area contributed by atoms with Crippen LogP contribution in [0.2, 0.25) is 0 Å². The molecule has 1 fully saturated rings. The van der Waals surface area contributed by atoms with Crippen LogP contribution >= 0.6 is 24.0 Å². The van der Waals surface area contributed by atoms with Gasteiger partial charge in [0.1, 0.15) is 0 Å². The summed E-state index contributed by atoms with van der Waals surface area (Å²) in [6, 6.07) is 1.93. The molecule has 2 rings (SSSR count). The Balaban J connectivity index is 0.00000200. The van der Waals surface area contributed by atoms with E-state index in [0.717, 1.165) is 45.2 Å². The predicted octanol–water partition coefficient (Wildman–Crippen LogP) is 1.04. The van der Waals surface area contributed by atoms with Gasteiger partial charge in [0.15, 0.2) is 5.96 Å². The lowest BCUT2D eigenvalue weighted by Gasteiger charge is -2.24. The van der Waals surface area contributed by atoms with Crippen LogP contribution < -0.4 is 5.32 Å². The first-order valence-corrected chi connectivity index (χ1v) is 6.76. The molecule has 0 spiro atoms. The third kappa shape index (κ3) is 5.28. The summed E-state index contributed by atoms with van der Waals surface area (Å²) >= 11 is 0. The van der Waals surface area contributed by atoms with Crippen molar-refractivity contribution in [2.45, 2.75) is 13.0 Å². The van der Waals surface area contributed by atoms with Crippen LogP contribution in [-0.2, 0) is 11.3 Å². The van der Waals surface area contributed by atoms with Gasteiger partial charge in [0.25, 0.3) is 0 Å². The van der Waals surface area contributed by atoms with Crippen molar-refractivity contribution < 1.29 is 4.74 Å². The molecular weight excluding hydrogens is 369 g/mol. The predicted molar refractivity (Wildman–Crippen MR) is 90.6 cm³/mol. The van der Waals surface area contributed by atoms with Gasteiger partial charge in [0, 0.05) is 52.1 Å². The molecule has 6 nitrogen and oxygen atoms in total. The van der Waals surface area contributed by atoms with E-state index in [9.17, 15) is 0 Å². The normalized spacial score (nSPS) is 18.7. The molecule has 1 atom stereocenters. The zero-order chi connectivity index (χ0) is 13.5. The fraction of sp³-hybridized carbons (Fsp3) is 0.692. The monoisotopic (exact) mass is 393 g/mol. The minimum absolute atomic E-state index is 0. The average Bonchev–Trinajstić information content (AvgIpc) is 3.07. The Bertz CT molecular complexity index is 389. The maximum atomic E-state index is 5.40. The fourth-order valence-corrected chi connectivity index (χ4v) is 2.30. The van der Waals surface area contributed by atoms with E-state index in [1.54, 1.807) is 6.20 Å². The van der Waals surface area contributed by atoms with Gasteiger partial charge in [-0.1, -0.05) is 0 Å². The summed E-state index contributed by atoms with van der Waals surface area (Å²) in [4.78, 5) is 6.48. The highest BCUT2D eigenvalue weighted by molar-refractivity contribution is 14.0. The van der Waals surface area contributed by atoms with Crippen molar-refractivity contribution in [3.63, 3.8) is 0 Å². The number of guanidine groups is 1. The van der Waals surface area contributed by atoms with Gasteiger partial charge in [-0.3, -0.25) is 9.67 Å². The highest BCUT2D eigenvalue weighted by Crippen LogP contribution is 2.13. The van der Waals surface area contributed by atoms with Crippen molar-refractivity contribution in [2.24, 2.45) is 10.9 Å². The van der Waals surface area contributed by atoms with Gasteiger partial charge in [-0.2, -0.15) is 5.10 Å². The van der Waals surface area contributed by atoms with E-state index in [1.807, 2.05) is 24.0 Å². The Kier molecular flexibility index (Phi) is 7.90. The number of nitrogens with one attached hydrogen (secondary N) is 1. The number of aliphatic imine (C=N–C) groups is 1. The van der Waals surface area contributed by atoms with Crippen molar-refractivity contribution >= 4 is 29.9 Å². The van der Waals surface area contributed by atoms with E-state index in [2.05, 4.69) is 27.4 Å². The number of halogens is 1. The molecular formula is C13H24IN5O. The molecule has 1 aliphatic heterocycles. The van der Waals surface area contributed by atoms with Crippen LogP contribution in [0.25, 0.3) is 0 Å². The molecule has 1 aromatic rings. The molecule has 1 aromatic heterocycles. The smallest absolute Gasteiger partial charge is 0.193 e. The summed E-state index contributed by atoms with van der Waals surface area (Å²) in [7, 11) is 3.89. The molecule has 0 saturated carbocycles. The van der Waals surface area contributed by atoms with Crippen LogP contribution in [-0.4, -0.2) is 61.0 Å². The van der Waals surface area contributed by atoms with E-state index >= 15 is 0 Å². The second kappa shape index (κ2) is 9.17. The molecule has 0 bridgehead atoms. The molecule has 7 heteroatoms. The molecule has 1 unspecified atom stereocenters. The zero-order valence-electron chi connectivity index (χ0n) is 12.2. The summed E-state index contributed by atoms with van der Waals surface area (Å²) < 4.78 is 7.31. The van der Waals surface area contributed by atoms with Crippen molar-refractivity contribution in [3.8, 4) is 0 Å². The Morgan fingerprint density at radius 3 is 3.05 bits per heavy atom. The molecule has 0 aliphatic carbocycles. The average molecular weight is 393 g/mol. The minimum atomic E-state index is 0. The molecule has 114 valence electrons. The first kappa shape index (κ1) is 17.2. The van der Waals surface area contributed by atoms with Crippen molar-refractivity contribution in [1.82, 2.24) is 20.0 Å². The number of rotatable bonds is 5. The second-order valence-corrected chi connectivity index (χ2v) is 4.85. The Labute approximate surface area is 137 Å². The van der Waals surface area contributed by atoms with Crippen molar-refractivity contribution in [2.75, 3.05) is 40.4 Å². The maximum absolute atomic E-state index is 5.40. The number of ether oxygens (including phenoxy) is 1. The number of aromatic nitrogens is 2. The maximum Gasteiger partial charge on any atom is 0.193 e. The van der Waals surface area contributed by atoms with Gasteiger partial charge < -0.3 is 15.0 Å². The van der Waals surface area contributed by atoms with Gasteiger partial charge in [-0.05, 0) is 12.5 Å². The summed E-state index contributed by atoms with van der Waals surface area (Å²) in [5, 5.41) is 7.53. The molecule has 0 aromatic carbocycles. The third-order valence-electron chi connectivity index (χ3n) is 3.31. The molecule has 1 N–H and O–H groups in total. The van der Waals surface area contributed by atoms with E-state index in [0.29, 0.717) is 5.92 Å². The van der Waals surface area contributed by atoms with Gasteiger partial charge in [-0.25, -0.2) is 0 Å². The van der Waals surface area contributed by atoms with Crippen LogP contribution in [0.1, 0.15) is 6.42 Å². The van der Waals surface area contributed by atoms with Crippen LogP contribution in [0.5, 0.6) is 0 Å². The highest BCUT2D eigenvalue weighted by atomic mass is 127. The lowest BCUT2D eigenvalue weighted by atomic mass is 10.1. The fourth-order valence-electron chi connectivity index (χ4n) is 2.30. The molecule has 1 saturated heterocycles. The second-order valence-electron chi connectivity index (χ2n) is 4.85. The third-order valence-corrected chi connectivity index (χ3v) is 3.31. The summed E-state index contributed by atoms with van der Waals surface area (Å²) in [6.45, 7) is 4.41. The first-order chi connectivity index (χ1) is 9.29. The molecule has 2 heterocycles. The van der Waals surface area contributed by atoms with E-state index in [-0.39, 0.29) is 24.0 Å². The molecule has 0 radical (unpaired) electrons. The van der Waals surface area contributed by atoms with Crippen molar-refractivity contribution in [3.05, 3.63) is 18.5 Å². The Morgan fingerprint density at radius 2 is 2.45 bits per heavy atom. The quantitative estimate of drug-likeness (QED) is 0.462. The van der Waals surface area contributed by atoms with Crippen LogP contribution in [0, 0.1) is 5.92 Å². The summed E-state index contributed by atoms with van der Waals surface area (Å²) in [6.07, 6.45) is 4.90. The van der Waals surface area contributed by atoms with Crippen LogP contribution in [0.15, 0.2) is 23.5 Å². The standard InChI is InChI=1S/C13H23N5O.HI/c1-14-13(15-6-8-18-7-3-5-16-18)17(2)10-12-4-9-19-11-12;/h3,5,7,12H,4,6,8-11H2,1-2H3,(H,14,15);1H. The first-order valence-electron chi connectivity index (χ1n) is 6.76. The van der Waals surface area contributed by atoms with Gasteiger partial charge in [0.05, 0.1) is 13.2 Å². The Morgan fingerprint density at radius 1 is 1.60 bits per heavy atom. The van der Waals surface area contributed by atoms with E-state index in [1.165, 1.54) is 0 Å². The topological polar surface area (TPSA) is 54.7 Å². The number of nitrogens with zero attached hydrogens (tertiary/aromatic N) is 4. The van der Waals surface area contributed by atoms with Crippen LogP contribution in [0.3, 0.4) is 0 Å². The molecule has 0 amide bonds.